The Morgan fingerprint density at radius 1 is 1.12 bits per heavy atom. The molecule has 0 saturated carbocycles. The Hall–Kier alpha value is -4.24. The van der Waals surface area contributed by atoms with E-state index in [-0.39, 0.29) is 5.91 Å². The summed E-state index contributed by atoms with van der Waals surface area (Å²) in [7, 11) is 0. The topological polar surface area (TPSA) is 101 Å². The number of amidine groups is 1. The minimum Gasteiger partial charge on any atom is -0.437 e. The summed E-state index contributed by atoms with van der Waals surface area (Å²) in [6.07, 6.45) is 2.28. The van der Waals surface area contributed by atoms with Crippen molar-refractivity contribution in [1.82, 2.24) is 15.3 Å². The molecule has 4 aromatic rings. The molecule has 0 atom stereocenters. The first kappa shape index (κ1) is 21.6. The fraction of sp³-hybridized carbons (Fsp3) is 0.120. The Labute approximate surface area is 200 Å². The summed E-state index contributed by atoms with van der Waals surface area (Å²) >= 11 is 1.50. The van der Waals surface area contributed by atoms with E-state index in [0.29, 0.717) is 23.3 Å². The number of thiophene rings is 1. The molecule has 3 heterocycles. The maximum Gasteiger partial charge on any atom is 0.247 e. The first-order valence-corrected chi connectivity index (χ1v) is 11.7. The molecule has 0 saturated heterocycles. The number of fused-ring (bicyclic) bond motifs is 1. The molecule has 9 heteroatoms. The Bertz CT molecular complexity index is 1380. The molecule has 34 heavy (non-hydrogen) atoms. The van der Waals surface area contributed by atoms with Crippen LogP contribution in [0.15, 0.2) is 77.6 Å². The highest BCUT2D eigenvalue weighted by Crippen LogP contribution is 2.33. The summed E-state index contributed by atoms with van der Waals surface area (Å²) in [5.74, 6) is 2.05. The molecule has 2 aromatic heterocycles. The van der Waals surface area contributed by atoms with E-state index in [9.17, 15) is 4.79 Å². The highest BCUT2D eigenvalue weighted by molar-refractivity contribution is 7.17. The lowest BCUT2D eigenvalue weighted by molar-refractivity contribution is -0.111. The quantitative estimate of drug-likeness (QED) is 0.325. The highest BCUT2D eigenvalue weighted by atomic mass is 32.1. The van der Waals surface area contributed by atoms with E-state index in [0.717, 1.165) is 46.8 Å². The van der Waals surface area contributed by atoms with E-state index in [1.165, 1.54) is 17.4 Å². The van der Waals surface area contributed by atoms with E-state index in [4.69, 9.17) is 4.74 Å². The van der Waals surface area contributed by atoms with Crippen molar-refractivity contribution in [2.24, 2.45) is 4.99 Å². The largest absolute Gasteiger partial charge is 0.437 e. The Kier molecular flexibility index (Phi) is 6.17. The predicted molar refractivity (Wildman–Crippen MR) is 137 cm³/mol. The standard InChI is InChI=1S/C25H22N6O2S/c1-2-21(32)28-18-5-3-6-19(15-18)33-24-22-20(11-14-34-22)30-25(31-24)29-17-9-7-16(8-10-17)23-26-12-4-13-27-23/h2-3,5-11,14-15H,1,4,12-13H2,(H,26,27)(H,28,32)(H,29,30,31). The molecule has 5 rings (SSSR count). The van der Waals surface area contributed by atoms with Crippen LogP contribution in [0.25, 0.3) is 10.2 Å². The van der Waals surface area contributed by atoms with Crippen molar-refractivity contribution < 1.29 is 9.53 Å². The second kappa shape index (κ2) is 9.72. The van der Waals surface area contributed by atoms with Gasteiger partial charge in [0.25, 0.3) is 0 Å². The SMILES string of the molecule is C=CC(=O)Nc1cccc(Oc2nc(Nc3ccc(C4=NCCCN4)cc3)nc3ccsc23)c1. The summed E-state index contributed by atoms with van der Waals surface area (Å²) in [4.78, 5) is 25.4. The van der Waals surface area contributed by atoms with Crippen LogP contribution in [0.5, 0.6) is 11.6 Å². The van der Waals surface area contributed by atoms with Crippen LogP contribution in [0.1, 0.15) is 12.0 Å². The third kappa shape index (κ3) is 4.89. The third-order valence-electron chi connectivity index (χ3n) is 5.09. The first-order valence-electron chi connectivity index (χ1n) is 10.8. The minimum atomic E-state index is -0.288. The van der Waals surface area contributed by atoms with Gasteiger partial charge in [-0.3, -0.25) is 9.79 Å². The second-order valence-electron chi connectivity index (χ2n) is 7.52. The Balaban J connectivity index is 1.38. The number of ether oxygens (including phenoxy) is 1. The fourth-order valence-electron chi connectivity index (χ4n) is 3.47. The van der Waals surface area contributed by atoms with Crippen molar-refractivity contribution in [3.05, 3.63) is 78.2 Å². The molecular weight excluding hydrogens is 448 g/mol. The first-order chi connectivity index (χ1) is 16.7. The van der Waals surface area contributed by atoms with Crippen molar-refractivity contribution in [3.63, 3.8) is 0 Å². The number of amides is 1. The summed E-state index contributed by atoms with van der Waals surface area (Å²) in [6.45, 7) is 5.27. The molecule has 0 fully saturated rings. The van der Waals surface area contributed by atoms with Crippen LogP contribution >= 0.6 is 11.3 Å². The monoisotopic (exact) mass is 470 g/mol. The number of hydrogen-bond donors (Lipinski definition) is 3. The van der Waals surface area contributed by atoms with Gasteiger partial charge in [-0.15, -0.1) is 11.3 Å². The van der Waals surface area contributed by atoms with Crippen LogP contribution in [-0.4, -0.2) is 34.8 Å². The summed E-state index contributed by atoms with van der Waals surface area (Å²) in [5.41, 5.74) is 3.29. The molecule has 1 amide bonds. The average Bonchev–Trinajstić information content (AvgIpc) is 3.34. The van der Waals surface area contributed by atoms with Crippen LogP contribution in [0.2, 0.25) is 0 Å². The lowest BCUT2D eigenvalue weighted by Gasteiger charge is -2.15. The van der Waals surface area contributed by atoms with Gasteiger partial charge in [0.15, 0.2) is 0 Å². The smallest absolute Gasteiger partial charge is 0.247 e. The molecule has 0 spiro atoms. The number of nitrogens with one attached hydrogen (secondary N) is 3. The van der Waals surface area contributed by atoms with E-state index in [1.807, 2.05) is 35.7 Å². The molecule has 8 nitrogen and oxygen atoms in total. The van der Waals surface area contributed by atoms with Gasteiger partial charge in [0.2, 0.25) is 17.7 Å². The van der Waals surface area contributed by atoms with E-state index in [1.54, 1.807) is 24.3 Å². The normalized spacial score (nSPS) is 13.0. The van der Waals surface area contributed by atoms with Gasteiger partial charge in [-0.25, -0.2) is 4.98 Å². The van der Waals surface area contributed by atoms with Gasteiger partial charge in [-0.2, -0.15) is 4.98 Å². The zero-order valence-electron chi connectivity index (χ0n) is 18.2. The van der Waals surface area contributed by atoms with Crippen molar-refractivity contribution in [2.75, 3.05) is 23.7 Å². The average molecular weight is 471 g/mol. The number of rotatable bonds is 7. The van der Waals surface area contributed by atoms with Crippen LogP contribution in [0, 0.1) is 0 Å². The molecule has 1 aliphatic rings. The summed E-state index contributed by atoms with van der Waals surface area (Å²) in [5, 5.41) is 11.3. The van der Waals surface area contributed by atoms with Crippen molar-refractivity contribution in [1.29, 1.82) is 0 Å². The zero-order chi connectivity index (χ0) is 23.3. The molecule has 0 bridgehead atoms. The number of anilines is 3. The van der Waals surface area contributed by atoms with Crippen LogP contribution in [0.3, 0.4) is 0 Å². The van der Waals surface area contributed by atoms with Gasteiger partial charge in [-0.05, 0) is 60.3 Å². The van der Waals surface area contributed by atoms with Crippen molar-refractivity contribution in [2.45, 2.75) is 6.42 Å². The van der Waals surface area contributed by atoms with E-state index >= 15 is 0 Å². The van der Waals surface area contributed by atoms with E-state index in [2.05, 4.69) is 37.5 Å². The lowest BCUT2D eigenvalue weighted by atomic mass is 10.1. The number of aliphatic imine (C=N–C) groups is 1. The van der Waals surface area contributed by atoms with Crippen molar-refractivity contribution in [3.8, 4) is 11.6 Å². The second-order valence-corrected chi connectivity index (χ2v) is 8.44. The van der Waals surface area contributed by atoms with E-state index < -0.39 is 0 Å². The maximum absolute atomic E-state index is 11.6. The van der Waals surface area contributed by atoms with Crippen LogP contribution in [-0.2, 0) is 4.79 Å². The number of carbonyl (C=O) groups is 1. The molecule has 1 aliphatic heterocycles. The molecule has 0 radical (unpaired) electrons. The molecular formula is C25H22N6O2S. The number of carbonyl (C=O) groups excluding carboxylic acids is 1. The number of benzene rings is 2. The maximum atomic E-state index is 11.6. The fourth-order valence-corrected chi connectivity index (χ4v) is 4.23. The van der Waals surface area contributed by atoms with Crippen molar-refractivity contribution >= 4 is 50.6 Å². The highest BCUT2D eigenvalue weighted by Gasteiger charge is 2.13. The van der Waals surface area contributed by atoms with Gasteiger partial charge in [-0.1, -0.05) is 12.6 Å². The van der Waals surface area contributed by atoms with Crippen LogP contribution < -0.4 is 20.7 Å². The minimum absolute atomic E-state index is 0.288. The zero-order valence-corrected chi connectivity index (χ0v) is 19.1. The van der Waals surface area contributed by atoms with Gasteiger partial charge in [0, 0.05) is 36.1 Å². The van der Waals surface area contributed by atoms with Crippen LogP contribution in [0.4, 0.5) is 17.3 Å². The Morgan fingerprint density at radius 3 is 2.79 bits per heavy atom. The van der Waals surface area contributed by atoms with Gasteiger partial charge >= 0.3 is 0 Å². The molecule has 170 valence electrons. The third-order valence-corrected chi connectivity index (χ3v) is 5.98. The number of hydrogen-bond acceptors (Lipinski definition) is 8. The molecule has 0 unspecified atom stereocenters. The van der Waals surface area contributed by atoms with Gasteiger partial charge in [0.05, 0.1) is 5.52 Å². The molecule has 3 N–H and O–H groups in total. The Morgan fingerprint density at radius 2 is 2.00 bits per heavy atom. The molecule has 0 aliphatic carbocycles. The number of aromatic nitrogens is 2. The number of nitrogens with zero attached hydrogens (tertiary/aromatic N) is 3. The van der Waals surface area contributed by atoms with Gasteiger partial charge in [0.1, 0.15) is 16.3 Å². The summed E-state index contributed by atoms with van der Waals surface area (Å²) < 4.78 is 6.94. The summed E-state index contributed by atoms with van der Waals surface area (Å²) in [6, 6.07) is 17.0. The molecule has 2 aromatic carbocycles. The lowest BCUT2D eigenvalue weighted by Crippen LogP contribution is -2.30. The van der Waals surface area contributed by atoms with Gasteiger partial charge < -0.3 is 20.7 Å². The predicted octanol–water partition coefficient (Wildman–Crippen LogP) is 5.09.